The predicted molar refractivity (Wildman–Crippen MR) is 95.4 cm³/mol. The summed E-state index contributed by atoms with van der Waals surface area (Å²) in [7, 11) is 3.42. The summed E-state index contributed by atoms with van der Waals surface area (Å²) in [6, 6.07) is 7.17. The zero-order valence-electron chi connectivity index (χ0n) is 15.1. The second-order valence-electron chi connectivity index (χ2n) is 6.27. The first-order valence-corrected chi connectivity index (χ1v) is 8.60. The van der Waals surface area contributed by atoms with Gasteiger partial charge < -0.3 is 14.5 Å². The predicted octanol–water partition coefficient (Wildman–Crippen LogP) is 0.803. The maximum Gasteiger partial charge on any atom is 0.254 e. The van der Waals surface area contributed by atoms with Crippen molar-refractivity contribution in [2.24, 2.45) is 7.05 Å². The number of benzene rings is 1. The lowest BCUT2D eigenvalue weighted by molar-refractivity contribution is -0.131. The van der Waals surface area contributed by atoms with Crippen molar-refractivity contribution < 1.29 is 14.3 Å². The highest BCUT2D eigenvalue weighted by Gasteiger charge is 2.25. The van der Waals surface area contributed by atoms with E-state index in [1.165, 1.54) is 0 Å². The van der Waals surface area contributed by atoms with Crippen LogP contribution in [0.1, 0.15) is 16.8 Å². The quantitative estimate of drug-likeness (QED) is 0.791. The van der Waals surface area contributed by atoms with Crippen molar-refractivity contribution in [1.29, 1.82) is 0 Å². The molecule has 8 heteroatoms. The minimum atomic E-state index is -0.132. The summed E-state index contributed by atoms with van der Waals surface area (Å²) in [5.74, 6) is 0.444. The molecule has 0 unspecified atom stereocenters. The van der Waals surface area contributed by atoms with Gasteiger partial charge in [-0.15, -0.1) is 0 Å². The minimum absolute atomic E-state index is 0.0396. The Morgan fingerprint density at radius 1 is 1.23 bits per heavy atom. The van der Waals surface area contributed by atoms with Crippen molar-refractivity contribution in [2.75, 3.05) is 39.9 Å². The number of nitrogens with zero attached hydrogens (tertiary/aromatic N) is 5. The van der Waals surface area contributed by atoms with Gasteiger partial charge in [0.05, 0.1) is 6.61 Å². The van der Waals surface area contributed by atoms with Crippen molar-refractivity contribution >= 4 is 11.8 Å². The van der Waals surface area contributed by atoms with E-state index >= 15 is 0 Å². The summed E-state index contributed by atoms with van der Waals surface area (Å²) in [5.41, 5.74) is 1.41. The summed E-state index contributed by atoms with van der Waals surface area (Å²) in [6.45, 7) is 2.38. The molecule has 26 heavy (non-hydrogen) atoms. The summed E-state index contributed by atoms with van der Waals surface area (Å²) < 4.78 is 6.67. The summed E-state index contributed by atoms with van der Waals surface area (Å²) in [5, 5.41) is 4.25. The van der Waals surface area contributed by atoms with E-state index in [2.05, 4.69) is 10.1 Å². The van der Waals surface area contributed by atoms with E-state index < -0.39 is 0 Å². The highest BCUT2D eigenvalue weighted by Crippen LogP contribution is 2.17. The highest BCUT2D eigenvalue weighted by molar-refractivity contribution is 5.97. The van der Waals surface area contributed by atoms with E-state index in [9.17, 15) is 9.59 Å². The number of carbonyl (C=O) groups is 2. The molecule has 0 radical (unpaired) electrons. The van der Waals surface area contributed by atoms with Gasteiger partial charge in [-0.2, -0.15) is 5.10 Å². The normalized spacial score (nSPS) is 15.2. The van der Waals surface area contributed by atoms with Crippen LogP contribution in [0, 0.1) is 0 Å². The standard InChI is InChI=1S/C18H23N5O3/c1-21-13-19-17(20-21)14-4-6-15(7-5-14)18(25)23-9-3-8-22(10-11-26-2)16(24)12-23/h4-7,13H,3,8-12H2,1-2H3. The second-order valence-corrected chi connectivity index (χ2v) is 6.27. The molecular weight excluding hydrogens is 334 g/mol. The average Bonchev–Trinajstić information content (AvgIpc) is 3.00. The van der Waals surface area contributed by atoms with Crippen LogP contribution in [0.15, 0.2) is 30.6 Å². The summed E-state index contributed by atoms with van der Waals surface area (Å²) in [4.78, 5) is 32.7. The first kappa shape index (κ1) is 18.1. The van der Waals surface area contributed by atoms with Crippen LogP contribution in [0.5, 0.6) is 0 Å². The molecule has 0 atom stereocenters. The number of amides is 2. The smallest absolute Gasteiger partial charge is 0.254 e. The lowest BCUT2D eigenvalue weighted by atomic mass is 10.1. The van der Waals surface area contributed by atoms with Gasteiger partial charge >= 0.3 is 0 Å². The number of ether oxygens (including phenoxy) is 1. The Kier molecular flexibility index (Phi) is 5.62. The number of rotatable bonds is 5. The number of hydrogen-bond acceptors (Lipinski definition) is 5. The Bertz CT molecular complexity index is 771. The molecular formula is C18H23N5O3. The van der Waals surface area contributed by atoms with Gasteiger partial charge in [0.25, 0.3) is 5.91 Å². The highest BCUT2D eigenvalue weighted by atomic mass is 16.5. The molecule has 1 aliphatic rings. The van der Waals surface area contributed by atoms with Gasteiger partial charge in [-0.25, -0.2) is 4.98 Å². The zero-order chi connectivity index (χ0) is 18.5. The molecule has 3 rings (SSSR count). The molecule has 2 heterocycles. The lowest BCUT2D eigenvalue weighted by Gasteiger charge is -2.21. The Hall–Kier alpha value is -2.74. The fourth-order valence-corrected chi connectivity index (χ4v) is 2.95. The monoisotopic (exact) mass is 357 g/mol. The molecule has 1 saturated heterocycles. The van der Waals surface area contributed by atoms with E-state index in [0.717, 1.165) is 12.0 Å². The van der Waals surface area contributed by atoms with E-state index in [4.69, 9.17) is 4.74 Å². The van der Waals surface area contributed by atoms with Crippen molar-refractivity contribution in [3.63, 3.8) is 0 Å². The number of methoxy groups -OCH3 is 1. The SMILES string of the molecule is COCCN1CCCN(C(=O)c2ccc(-c3ncn(C)n3)cc2)CC1=O. The summed E-state index contributed by atoms with van der Waals surface area (Å²) >= 11 is 0. The van der Waals surface area contributed by atoms with E-state index in [-0.39, 0.29) is 18.4 Å². The molecule has 0 saturated carbocycles. The molecule has 1 aromatic carbocycles. The maximum atomic E-state index is 12.8. The lowest BCUT2D eigenvalue weighted by Crippen LogP contribution is -2.40. The number of aryl methyl sites for hydroxylation is 1. The first-order chi connectivity index (χ1) is 12.6. The van der Waals surface area contributed by atoms with Gasteiger partial charge in [-0.3, -0.25) is 14.3 Å². The second kappa shape index (κ2) is 8.09. The zero-order valence-corrected chi connectivity index (χ0v) is 15.1. The fraction of sp³-hybridized carbons (Fsp3) is 0.444. The fourth-order valence-electron chi connectivity index (χ4n) is 2.95. The third kappa shape index (κ3) is 4.08. The molecule has 2 amide bonds. The maximum absolute atomic E-state index is 12.8. The van der Waals surface area contributed by atoms with E-state index in [1.54, 1.807) is 47.1 Å². The van der Waals surface area contributed by atoms with Crippen LogP contribution in [0.2, 0.25) is 0 Å². The van der Waals surface area contributed by atoms with Crippen molar-refractivity contribution in [3.8, 4) is 11.4 Å². The van der Waals surface area contributed by atoms with E-state index in [1.807, 2.05) is 12.1 Å². The van der Waals surface area contributed by atoms with Gasteiger partial charge in [-0.05, 0) is 18.6 Å². The Morgan fingerprint density at radius 2 is 2.00 bits per heavy atom. The minimum Gasteiger partial charge on any atom is -0.383 e. The molecule has 8 nitrogen and oxygen atoms in total. The van der Waals surface area contributed by atoms with Crippen molar-refractivity contribution in [2.45, 2.75) is 6.42 Å². The molecule has 0 spiro atoms. The van der Waals surface area contributed by atoms with E-state index in [0.29, 0.717) is 37.6 Å². The van der Waals surface area contributed by atoms with Crippen molar-refractivity contribution in [3.05, 3.63) is 36.2 Å². The molecule has 0 aliphatic carbocycles. The van der Waals surface area contributed by atoms with Crippen LogP contribution < -0.4 is 0 Å². The van der Waals surface area contributed by atoms with Crippen LogP contribution in [0.4, 0.5) is 0 Å². The summed E-state index contributed by atoms with van der Waals surface area (Å²) in [6.07, 6.45) is 2.39. The molecule has 1 fully saturated rings. The molecule has 2 aromatic rings. The van der Waals surface area contributed by atoms with Crippen LogP contribution in [-0.2, 0) is 16.6 Å². The number of carbonyl (C=O) groups excluding carboxylic acids is 2. The topological polar surface area (TPSA) is 80.6 Å². The molecule has 1 aliphatic heterocycles. The van der Waals surface area contributed by atoms with Crippen molar-refractivity contribution in [1.82, 2.24) is 24.6 Å². The molecule has 138 valence electrons. The van der Waals surface area contributed by atoms with Gasteiger partial charge in [0, 0.05) is 44.9 Å². The molecule has 1 aromatic heterocycles. The van der Waals surface area contributed by atoms with Gasteiger partial charge in [-0.1, -0.05) is 12.1 Å². The Morgan fingerprint density at radius 3 is 2.65 bits per heavy atom. The van der Waals surface area contributed by atoms with Crippen LogP contribution >= 0.6 is 0 Å². The number of hydrogen-bond donors (Lipinski definition) is 0. The largest absolute Gasteiger partial charge is 0.383 e. The third-order valence-electron chi connectivity index (χ3n) is 4.38. The van der Waals surface area contributed by atoms with Crippen LogP contribution in [0.25, 0.3) is 11.4 Å². The van der Waals surface area contributed by atoms with Gasteiger partial charge in [0.1, 0.15) is 12.9 Å². The molecule has 0 N–H and O–H groups in total. The Balaban J connectivity index is 1.67. The molecule has 0 bridgehead atoms. The number of aromatic nitrogens is 3. The van der Waals surface area contributed by atoms with Crippen LogP contribution in [0.3, 0.4) is 0 Å². The van der Waals surface area contributed by atoms with Crippen LogP contribution in [-0.4, -0.2) is 76.3 Å². The first-order valence-electron chi connectivity index (χ1n) is 8.60. The average molecular weight is 357 g/mol. The van der Waals surface area contributed by atoms with Gasteiger partial charge in [0.15, 0.2) is 5.82 Å². The van der Waals surface area contributed by atoms with Gasteiger partial charge in [0.2, 0.25) is 5.91 Å². The third-order valence-corrected chi connectivity index (χ3v) is 4.38. The Labute approximate surface area is 152 Å².